The Hall–Kier alpha value is -2.02. The summed E-state index contributed by atoms with van der Waals surface area (Å²) in [5.41, 5.74) is 12.1. The quantitative estimate of drug-likeness (QED) is 0.650. The molecule has 0 saturated heterocycles. The van der Waals surface area contributed by atoms with Gasteiger partial charge in [-0.1, -0.05) is 6.08 Å². The fraction of sp³-hybridized carbons (Fsp3) is 0.111. The SMILES string of the molecule is C=CCc1cc(N)nc(N)c1C#N. The summed E-state index contributed by atoms with van der Waals surface area (Å²) in [5.74, 6) is 0.507. The largest absolute Gasteiger partial charge is 0.384 e. The molecule has 1 heterocycles. The number of nitrogen functional groups attached to an aromatic ring is 2. The Morgan fingerprint density at radius 3 is 2.85 bits per heavy atom. The van der Waals surface area contributed by atoms with E-state index in [1.54, 1.807) is 12.1 Å². The third-order valence-corrected chi connectivity index (χ3v) is 1.62. The minimum absolute atomic E-state index is 0.180. The van der Waals surface area contributed by atoms with Gasteiger partial charge >= 0.3 is 0 Å². The monoisotopic (exact) mass is 174 g/mol. The lowest BCUT2D eigenvalue weighted by Crippen LogP contribution is -2.02. The molecule has 0 atom stereocenters. The number of nitrogens with two attached hydrogens (primary N) is 2. The molecule has 0 aliphatic rings. The Labute approximate surface area is 76.5 Å². The topological polar surface area (TPSA) is 88.7 Å². The molecule has 1 rings (SSSR count). The number of rotatable bonds is 2. The predicted octanol–water partition coefficient (Wildman–Crippen LogP) is 0.846. The van der Waals surface area contributed by atoms with Crippen LogP contribution in [0.15, 0.2) is 18.7 Å². The molecule has 0 saturated carbocycles. The van der Waals surface area contributed by atoms with Crippen LogP contribution in [0.25, 0.3) is 0 Å². The van der Waals surface area contributed by atoms with E-state index in [4.69, 9.17) is 16.7 Å². The number of hydrogen-bond donors (Lipinski definition) is 2. The highest BCUT2D eigenvalue weighted by atomic mass is 14.9. The molecule has 0 amide bonds. The third-order valence-electron chi connectivity index (χ3n) is 1.62. The van der Waals surface area contributed by atoms with Crippen molar-refractivity contribution in [1.82, 2.24) is 4.98 Å². The Balaban J connectivity index is 3.31. The summed E-state index contributed by atoms with van der Waals surface area (Å²) in [4.78, 5) is 3.79. The molecule has 4 heteroatoms. The van der Waals surface area contributed by atoms with Crippen LogP contribution in [0.1, 0.15) is 11.1 Å². The van der Waals surface area contributed by atoms with Crippen molar-refractivity contribution in [2.24, 2.45) is 0 Å². The van der Waals surface area contributed by atoms with Crippen molar-refractivity contribution in [1.29, 1.82) is 5.26 Å². The molecule has 0 fully saturated rings. The second kappa shape index (κ2) is 3.59. The summed E-state index contributed by atoms with van der Waals surface area (Å²) in [5, 5.41) is 8.77. The molecule has 1 aromatic rings. The minimum Gasteiger partial charge on any atom is -0.384 e. The van der Waals surface area contributed by atoms with Crippen molar-refractivity contribution >= 4 is 11.6 Å². The lowest BCUT2D eigenvalue weighted by Gasteiger charge is -2.04. The average Bonchev–Trinajstić information content (AvgIpc) is 2.04. The normalized spacial score (nSPS) is 9.15. The van der Waals surface area contributed by atoms with Crippen molar-refractivity contribution in [2.45, 2.75) is 6.42 Å². The van der Waals surface area contributed by atoms with Crippen LogP contribution in [0.5, 0.6) is 0 Å². The summed E-state index contributed by atoms with van der Waals surface area (Å²) in [6.45, 7) is 3.58. The van der Waals surface area contributed by atoms with Crippen molar-refractivity contribution in [3.05, 3.63) is 29.8 Å². The predicted molar refractivity (Wildman–Crippen MR) is 51.7 cm³/mol. The summed E-state index contributed by atoms with van der Waals surface area (Å²) in [6, 6.07) is 3.62. The number of nitriles is 1. The molecule has 0 aliphatic heterocycles. The maximum atomic E-state index is 8.77. The second-order valence-electron chi connectivity index (χ2n) is 2.57. The van der Waals surface area contributed by atoms with Crippen LogP contribution in [0.4, 0.5) is 11.6 Å². The van der Waals surface area contributed by atoms with Gasteiger partial charge in [0.1, 0.15) is 17.7 Å². The van der Waals surface area contributed by atoms with E-state index in [0.29, 0.717) is 17.8 Å². The van der Waals surface area contributed by atoms with Gasteiger partial charge in [-0.3, -0.25) is 0 Å². The number of allylic oxidation sites excluding steroid dienone is 1. The van der Waals surface area contributed by atoms with E-state index in [2.05, 4.69) is 11.6 Å². The fourth-order valence-corrected chi connectivity index (χ4v) is 1.09. The van der Waals surface area contributed by atoms with E-state index in [0.717, 1.165) is 5.56 Å². The average molecular weight is 174 g/mol. The van der Waals surface area contributed by atoms with Gasteiger partial charge in [0, 0.05) is 0 Å². The summed E-state index contributed by atoms with van der Waals surface area (Å²) in [6.07, 6.45) is 2.26. The van der Waals surface area contributed by atoms with Crippen LogP contribution < -0.4 is 11.5 Å². The van der Waals surface area contributed by atoms with Gasteiger partial charge in [0.15, 0.2) is 0 Å². The molecular weight excluding hydrogens is 164 g/mol. The first-order valence-electron chi connectivity index (χ1n) is 3.75. The molecule has 0 unspecified atom stereocenters. The van der Waals surface area contributed by atoms with Crippen molar-refractivity contribution in [3.8, 4) is 6.07 Å². The Morgan fingerprint density at radius 2 is 2.31 bits per heavy atom. The standard InChI is InChI=1S/C9H10N4/c1-2-3-6-4-8(11)13-9(12)7(6)5-10/h2,4H,1,3H2,(H4,11,12,13). The van der Waals surface area contributed by atoms with Gasteiger partial charge in [-0.15, -0.1) is 6.58 Å². The zero-order chi connectivity index (χ0) is 9.84. The van der Waals surface area contributed by atoms with Crippen molar-refractivity contribution in [3.63, 3.8) is 0 Å². The van der Waals surface area contributed by atoms with Crippen LogP contribution in [0.2, 0.25) is 0 Å². The van der Waals surface area contributed by atoms with Crippen molar-refractivity contribution in [2.75, 3.05) is 11.5 Å². The van der Waals surface area contributed by atoms with Gasteiger partial charge in [0.25, 0.3) is 0 Å². The van der Waals surface area contributed by atoms with E-state index in [1.807, 2.05) is 6.07 Å². The molecule has 0 aliphatic carbocycles. The highest BCUT2D eigenvalue weighted by Gasteiger charge is 2.06. The van der Waals surface area contributed by atoms with Crippen LogP contribution in [0, 0.1) is 11.3 Å². The van der Waals surface area contributed by atoms with E-state index >= 15 is 0 Å². The van der Waals surface area contributed by atoms with Crippen LogP contribution in [-0.2, 0) is 6.42 Å². The summed E-state index contributed by atoms with van der Waals surface area (Å²) in [7, 11) is 0. The third kappa shape index (κ3) is 1.76. The first-order valence-corrected chi connectivity index (χ1v) is 3.75. The van der Waals surface area contributed by atoms with Gasteiger partial charge in [0.2, 0.25) is 0 Å². The van der Waals surface area contributed by atoms with Crippen LogP contribution in [0.3, 0.4) is 0 Å². The number of hydrogen-bond acceptors (Lipinski definition) is 4. The van der Waals surface area contributed by atoms with E-state index in [9.17, 15) is 0 Å². The molecule has 0 aromatic carbocycles. The molecule has 13 heavy (non-hydrogen) atoms. The highest BCUT2D eigenvalue weighted by molar-refractivity contribution is 5.57. The number of nitrogens with zero attached hydrogens (tertiary/aromatic N) is 2. The highest BCUT2D eigenvalue weighted by Crippen LogP contribution is 2.17. The molecule has 0 bridgehead atoms. The summed E-state index contributed by atoms with van der Waals surface area (Å²) >= 11 is 0. The molecular formula is C9H10N4. The Kier molecular flexibility index (Phi) is 2.50. The molecule has 0 radical (unpaired) electrons. The van der Waals surface area contributed by atoms with Crippen LogP contribution >= 0.6 is 0 Å². The van der Waals surface area contributed by atoms with Gasteiger partial charge in [-0.2, -0.15) is 5.26 Å². The lowest BCUT2D eigenvalue weighted by molar-refractivity contribution is 1.20. The zero-order valence-corrected chi connectivity index (χ0v) is 7.12. The fourth-order valence-electron chi connectivity index (χ4n) is 1.09. The lowest BCUT2D eigenvalue weighted by atomic mass is 10.1. The molecule has 4 N–H and O–H groups in total. The number of aromatic nitrogens is 1. The smallest absolute Gasteiger partial charge is 0.144 e. The molecule has 0 spiro atoms. The maximum absolute atomic E-state index is 8.77. The first-order chi connectivity index (χ1) is 6.19. The minimum atomic E-state index is 0.180. The number of anilines is 2. The van der Waals surface area contributed by atoms with Crippen LogP contribution in [-0.4, -0.2) is 4.98 Å². The summed E-state index contributed by atoms with van der Waals surface area (Å²) < 4.78 is 0. The van der Waals surface area contributed by atoms with Gasteiger partial charge in [-0.05, 0) is 18.1 Å². The molecule has 1 aromatic heterocycles. The van der Waals surface area contributed by atoms with Gasteiger partial charge < -0.3 is 11.5 Å². The molecule has 66 valence electrons. The maximum Gasteiger partial charge on any atom is 0.144 e. The second-order valence-corrected chi connectivity index (χ2v) is 2.57. The Morgan fingerprint density at radius 1 is 1.62 bits per heavy atom. The van der Waals surface area contributed by atoms with Gasteiger partial charge in [0.05, 0.1) is 5.56 Å². The van der Waals surface area contributed by atoms with E-state index < -0.39 is 0 Å². The van der Waals surface area contributed by atoms with Gasteiger partial charge in [-0.25, -0.2) is 4.98 Å². The van der Waals surface area contributed by atoms with E-state index in [1.165, 1.54) is 0 Å². The van der Waals surface area contributed by atoms with Crippen molar-refractivity contribution < 1.29 is 0 Å². The number of pyridine rings is 1. The molecule has 4 nitrogen and oxygen atoms in total. The van der Waals surface area contributed by atoms with E-state index in [-0.39, 0.29) is 5.82 Å². The zero-order valence-electron chi connectivity index (χ0n) is 7.12. The first kappa shape index (κ1) is 9.07. The Bertz CT molecular complexity index is 376.